The van der Waals surface area contributed by atoms with Gasteiger partial charge in [-0.05, 0) is 25.8 Å². The van der Waals surface area contributed by atoms with Crippen molar-refractivity contribution >= 4 is 11.8 Å². The van der Waals surface area contributed by atoms with Gasteiger partial charge in [0.05, 0.1) is 31.3 Å². The lowest BCUT2D eigenvalue weighted by Gasteiger charge is -2.25. The SMILES string of the molecule is COc1cccc(Nc2ncc(F)c(-c3cnc(C4CCOC(C)C4)[nH]3)n2)n1. The number of H-pyrrole nitrogens is 1. The van der Waals surface area contributed by atoms with Crippen LogP contribution >= 0.6 is 0 Å². The fraction of sp³-hybridized carbons (Fsp3) is 0.368. The fourth-order valence-electron chi connectivity index (χ4n) is 3.24. The number of nitrogens with one attached hydrogen (secondary N) is 2. The van der Waals surface area contributed by atoms with Gasteiger partial charge in [-0.15, -0.1) is 0 Å². The molecule has 0 spiro atoms. The predicted octanol–water partition coefficient (Wildman–Crippen LogP) is 3.44. The Labute approximate surface area is 161 Å². The van der Waals surface area contributed by atoms with Gasteiger partial charge in [-0.1, -0.05) is 6.07 Å². The van der Waals surface area contributed by atoms with Crippen molar-refractivity contribution in [2.75, 3.05) is 19.0 Å². The lowest BCUT2D eigenvalue weighted by Crippen LogP contribution is -2.22. The molecule has 4 heterocycles. The van der Waals surface area contributed by atoms with Crippen molar-refractivity contribution in [3.8, 4) is 17.3 Å². The smallest absolute Gasteiger partial charge is 0.229 e. The van der Waals surface area contributed by atoms with Gasteiger partial charge in [-0.3, -0.25) is 0 Å². The highest BCUT2D eigenvalue weighted by Crippen LogP contribution is 2.30. The van der Waals surface area contributed by atoms with Crippen molar-refractivity contribution < 1.29 is 13.9 Å². The molecular formula is C19H21FN6O2. The lowest BCUT2D eigenvalue weighted by molar-refractivity contribution is 0.0174. The highest BCUT2D eigenvalue weighted by Gasteiger charge is 2.24. The summed E-state index contributed by atoms with van der Waals surface area (Å²) in [6.07, 6.45) is 4.69. The lowest BCUT2D eigenvalue weighted by atomic mass is 9.96. The van der Waals surface area contributed by atoms with Crippen molar-refractivity contribution in [1.82, 2.24) is 24.9 Å². The zero-order valence-corrected chi connectivity index (χ0v) is 15.6. The molecule has 0 amide bonds. The molecular weight excluding hydrogens is 363 g/mol. The van der Waals surface area contributed by atoms with Crippen molar-refractivity contribution in [2.45, 2.75) is 31.8 Å². The van der Waals surface area contributed by atoms with E-state index in [0.717, 1.165) is 24.9 Å². The van der Waals surface area contributed by atoms with Crippen LogP contribution in [0.3, 0.4) is 0 Å². The van der Waals surface area contributed by atoms with E-state index in [0.29, 0.717) is 24.0 Å². The Balaban J connectivity index is 1.57. The molecule has 2 atom stereocenters. The molecule has 3 aromatic rings. The highest BCUT2D eigenvalue weighted by atomic mass is 19.1. The summed E-state index contributed by atoms with van der Waals surface area (Å²) in [6.45, 7) is 2.75. The molecule has 1 fully saturated rings. The molecule has 0 bridgehead atoms. The molecule has 0 aliphatic carbocycles. The third kappa shape index (κ3) is 3.94. The van der Waals surface area contributed by atoms with Crippen LogP contribution in [0.25, 0.3) is 11.4 Å². The van der Waals surface area contributed by atoms with Gasteiger partial charge in [0.15, 0.2) is 5.82 Å². The van der Waals surface area contributed by atoms with E-state index >= 15 is 0 Å². The fourth-order valence-corrected chi connectivity index (χ4v) is 3.24. The molecule has 2 unspecified atom stereocenters. The maximum absolute atomic E-state index is 14.4. The van der Waals surface area contributed by atoms with Crippen LogP contribution in [0.15, 0.2) is 30.6 Å². The molecule has 9 heteroatoms. The highest BCUT2D eigenvalue weighted by molar-refractivity contribution is 5.58. The number of aromatic nitrogens is 5. The average Bonchev–Trinajstić information content (AvgIpc) is 3.20. The summed E-state index contributed by atoms with van der Waals surface area (Å²) in [6, 6.07) is 5.26. The Morgan fingerprint density at radius 3 is 2.96 bits per heavy atom. The number of imidazole rings is 1. The van der Waals surface area contributed by atoms with Crippen molar-refractivity contribution in [2.24, 2.45) is 0 Å². The first-order valence-electron chi connectivity index (χ1n) is 9.10. The van der Waals surface area contributed by atoms with E-state index in [1.165, 1.54) is 7.11 Å². The van der Waals surface area contributed by atoms with E-state index in [1.807, 2.05) is 6.92 Å². The number of aromatic amines is 1. The van der Waals surface area contributed by atoms with E-state index in [4.69, 9.17) is 9.47 Å². The molecule has 0 saturated carbocycles. The summed E-state index contributed by atoms with van der Waals surface area (Å²) in [7, 11) is 1.54. The van der Waals surface area contributed by atoms with Crippen LogP contribution in [0.5, 0.6) is 5.88 Å². The number of methoxy groups -OCH3 is 1. The maximum atomic E-state index is 14.4. The van der Waals surface area contributed by atoms with Gasteiger partial charge in [0, 0.05) is 18.6 Å². The number of hydrogen-bond acceptors (Lipinski definition) is 7. The van der Waals surface area contributed by atoms with E-state index in [1.54, 1.807) is 24.4 Å². The van der Waals surface area contributed by atoms with Crippen LogP contribution in [0.1, 0.15) is 31.5 Å². The van der Waals surface area contributed by atoms with Crippen LogP contribution in [0, 0.1) is 5.82 Å². The molecule has 1 saturated heterocycles. The second kappa shape index (κ2) is 7.89. The van der Waals surface area contributed by atoms with Gasteiger partial charge in [0.1, 0.15) is 17.3 Å². The van der Waals surface area contributed by atoms with E-state index < -0.39 is 5.82 Å². The monoisotopic (exact) mass is 384 g/mol. The second-order valence-corrected chi connectivity index (χ2v) is 6.67. The van der Waals surface area contributed by atoms with Crippen molar-refractivity contribution in [1.29, 1.82) is 0 Å². The predicted molar refractivity (Wildman–Crippen MR) is 101 cm³/mol. The van der Waals surface area contributed by atoms with E-state index in [-0.39, 0.29) is 23.7 Å². The molecule has 1 aliphatic heterocycles. The minimum absolute atomic E-state index is 0.152. The minimum atomic E-state index is -0.528. The Morgan fingerprint density at radius 1 is 1.25 bits per heavy atom. The molecule has 4 rings (SSSR count). The molecule has 28 heavy (non-hydrogen) atoms. The molecule has 8 nitrogen and oxygen atoms in total. The quantitative estimate of drug-likeness (QED) is 0.695. The summed E-state index contributed by atoms with van der Waals surface area (Å²) >= 11 is 0. The zero-order valence-electron chi connectivity index (χ0n) is 15.6. The topological polar surface area (TPSA) is 97.8 Å². The van der Waals surface area contributed by atoms with Gasteiger partial charge in [0.25, 0.3) is 0 Å². The number of anilines is 2. The van der Waals surface area contributed by atoms with E-state index in [9.17, 15) is 4.39 Å². The summed E-state index contributed by atoms with van der Waals surface area (Å²) < 4.78 is 25.1. The average molecular weight is 384 g/mol. The largest absolute Gasteiger partial charge is 0.481 e. The van der Waals surface area contributed by atoms with Crippen LogP contribution in [0.2, 0.25) is 0 Å². The molecule has 1 aliphatic rings. The minimum Gasteiger partial charge on any atom is -0.481 e. The van der Waals surface area contributed by atoms with Crippen molar-refractivity contribution in [3.05, 3.63) is 42.2 Å². The zero-order chi connectivity index (χ0) is 19.5. The Kier molecular flexibility index (Phi) is 5.16. The molecule has 0 aromatic carbocycles. The van der Waals surface area contributed by atoms with Crippen LogP contribution in [-0.2, 0) is 4.74 Å². The third-order valence-electron chi connectivity index (χ3n) is 4.64. The number of nitrogens with zero attached hydrogens (tertiary/aromatic N) is 4. The maximum Gasteiger partial charge on any atom is 0.229 e. The molecule has 146 valence electrons. The van der Waals surface area contributed by atoms with Crippen LogP contribution in [0.4, 0.5) is 16.2 Å². The van der Waals surface area contributed by atoms with Gasteiger partial charge in [-0.25, -0.2) is 19.3 Å². The summed E-state index contributed by atoms with van der Waals surface area (Å²) in [5.41, 5.74) is 0.662. The normalized spacial score (nSPS) is 19.4. The first-order chi connectivity index (χ1) is 13.6. The Hall–Kier alpha value is -3.07. The number of pyridine rings is 1. The van der Waals surface area contributed by atoms with Gasteiger partial charge >= 0.3 is 0 Å². The number of hydrogen-bond donors (Lipinski definition) is 2. The third-order valence-corrected chi connectivity index (χ3v) is 4.64. The summed E-state index contributed by atoms with van der Waals surface area (Å²) in [4.78, 5) is 20.2. The van der Waals surface area contributed by atoms with Crippen molar-refractivity contribution in [3.63, 3.8) is 0 Å². The van der Waals surface area contributed by atoms with E-state index in [2.05, 4.69) is 30.2 Å². The first kappa shape index (κ1) is 18.3. The first-order valence-corrected chi connectivity index (χ1v) is 9.10. The molecule has 2 N–H and O–H groups in total. The van der Waals surface area contributed by atoms with Gasteiger partial charge < -0.3 is 19.8 Å². The summed E-state index contributed by atoms with van der Waals surface area (Å²) in [5.74, 6) is 1.75. The van der Waals surface area contributed by atoms with Crippen LogP contribution < -0.4 is 10.1 Å². The second-order valence-electron chi connectivity index (χ2n) is 6.67. The Morgan fingerprint density at radius 2 is 2.14 bits per heavy atom. The number of rotatable bonds is 5. The standard InChI is InChI=1S/C19H21FN6O2/c1-11-8-12(6-7-28-11)18-21-10-14(23-18)17-13(20)9-22-19(26-17)25-15-4-3-5-16(24-15)27-2/h3-5,9-12H,6-8H2,1-2H3,(H,21,23)(H,22,24,25,26). The molecule has 3 aromatic heterocycles. The summed E-state index contributed by atoms with van der Waals surface area (Å²) in [5, 5.41) is 2.96. The van der Waals surface area contributed by atoms with Gasteiger partial charge in [0.2, 0.25) is 11.8 Å². The van der Waals surface area contributed by atoms with Crippen LogP contribution in [-0.4, -0.2) is 44.7 Å². The Bertz CT molecular complexity index is 963. The van der Waals surface area contributed by atoms with Gasteiger partial charge in [-0.2, -0.15) is 4.98 Å². The molecule has 0 radical (unpaired) electrons. The number of halogens is 1. The number of ether oxygens (including phenoxy) is 2.